The van der Waals surface area contributed by atoms with Crippen LogP contribution >= 0.6 is 11.6 Å². The van der Waals surface area contributed by atoms with E-state index >= 15 is 0 Å². The summed E-state index contributed by atoms with van der Waals surface area (Å²) in [6.45, 7) is 3.31. The van der Waals surface area contributed by atoms with Crippen LogP contribution in [-0.2, 0) is 4.79 Å². The lowest BCUT2D eigenvalue weighted by Crippen LogP contribution is -2.28. The van der Waals surface area contributed by atoms with Gasteiger partial charge in [-0.15, -0.1) is 0 Å². The van der Waals surface area contributed by atoms with Crippen molar-refractivity contribution < 1.29 is 14.7 Å². The van der Waals surface area contributed by atoms with Gasteiger partial charge in [-0.3, -0.25) is 9.59 Å². The number of hydrogen-bond acceptors (Lipinski definition) is 3. The first-order valence-corrected chi connectivity index (χ1v) is 7.84. The van der Waals surface area contributed by atoms with Crippen LogP contribution in [0.1, 0.15) is 34.5 Å². The van der Waals surface area contributed by atoms with Gasteiger partial charge in [-0.2, -0.15) is 0 Å². The van der Waals surface area contributed by atoms with Gasteiger partial charge in [0.15, 0.2) is 0 Å². The van der Waals surface area contributed by atoms with Crippen LogP contribution in [0.5, 0.6) is 0 Å². The van der Waals surface area contributed by atoms with Gasteiger partial charge >= 0.3 is 0 Å². The normalized spacial score (nSPS) is 11.7. The van der Waals surface area contributed by atoms with E-state index in [0.29, 0.717) is 21.8 Å². The number of carbonyl (C=O) groups excluding carboxylic acids is 2. The number of anilines is 1. The second-order valence-corrected chi connectivity index (χ2v) is 5.93. The molecule has 0 saturated heterocycles. The minimum atomic E-state index is -0.854. The number of aliphatic hydroxyl groups is 1. The van der Waals surface area contributed by atoms with E-state index in [4.69, 9.17) is 11.6 Å². The third-order valence-corrected chi connectivity index (χ3v) is 3.73. The van der Waals surface area contributed by atoms with Crippen molar-refractivity contribution in [3.05, 3.63) is 64.2 Å². The third kappa shape index (κ3) is 4.81. The lowest BCUT2D eigenvalue weighted by molar-refractivity contribution is -0.114. The molecule has 3 N–H and O–H groups in total. The maximum atomic E-state index is 12.2. The number of amides is 2. The van der Waals surface area contributed by atoms with Gasteiger partial charge in [-0.05, 0) is 42.3 Å². The number of hydrogen-bond donors (Lipinski definition) is 3. The van der Waals surface area contributed by atoms with E-state index in [1.165, 1.54) is 6.92 Å². The molecule has 0 aliphatic carbocycles. The molecule has 0 heterocycles. The van der Waals surface area contributed by atoms with Crippen molar-refractivity contribution in [2.75, 3.05) is 11.9 Å². The number of nitrogens with one attached hydrogen (secondary N) is 2. The molecule has 0 aromatic heterocycles. The predicted octanol–water partition coefficient (Wildman–Crippen LogP) is 3.07. The summed E-state index contributed by atoms with van der Waals surface area (Å²) in [4.78, 5) is 23.4. The zero-order chi connectivity index (χ0) is 17.7. The Kier molecular flexibility index (Phi) is 5.95. The lowest BCUT2D eigenvalue weighted by Gasteiger charge is -2.13. The summed E-state index contributed by atoms with van der Waals surface area (Å²) in [6.07, 6.45) is -0.854. The predicted molar refractivity (Wildman–Crippen MR) is 94.2 cm³/mol. The second-order valence-electron chi connectivity index (χ2n) is 5.49. The minimum absolute atomic E-state index is 0.0581. The summed E-state index contributed by atoms with van der Waals surface area (Å²) in [5, 5.41) is 16.0. The minimum Gasteiger partial charge on any atom is -0.387 e. The van der Waals surface area contributed by atoms with Crippen LogP contribution in [-0.4, -0.2) is 23.5 Å². The summed E-state index contributed by atoms with van der Waals surface area (Å²) in [6, 6.07) is 11.9. The highest BCUT2D eigenvalue weighted by atomic mass is 35.5. The Morgan fingerprint density at radius 2 is 1.96 bits per heavy atom. The van der Waals surface area contributed by atoms with Crippen LogP contribution in [0.3, 0.4) is 0 Å². The van der Waals surface area contributed by atoms with Crippen molar-refractivity contribution in [2.24, 2.45) is 0 Å². The number of aryl methyl sites for hydroxylation is 1. The number of halogens is 1. The monoisotopic (exact) mass is 346 g/mol. The van der Waals surface area contributed by atoms with E-state index < -0.39 is 6.10 Å². The molecule has 24 heavy (non-hydrogen) atoms. The third-order valence-electron chi connectivity index (χ3n) is 3.50. The number of carbonyl (C=O) groups is 2. The molecule has 2 amide bonds. The van der Waals surface area contributed by atoms with Gasteiger partial charge in [0.05, 0.1) is 6.10 Å². The van der Waals surface area contributed by atoms with Gasteiger partial charge in [0.2, 0.25) is 5.91 Å². The summed E-state index contributed by atoms with van der Waals surface area (Å²) in [7, 11) is 0. The first kappa shape index (κ1) is 18.0. The summed E-state index contributed by atoms with van der Waals surface area (Å²) in [5.74, 6) is -0.533. The molecule has 2 aromatic carbocycles. The van der Waals surface area contributed by atoms with Crippen molar-refractivity contribution in [2.45, 2.75) is 20.0 Å². The molecule has 0 saturated carbocycles. The Bertz CT molecular complexity index is 762. The average Bonchev–Trinajstić information content (AvgIpc) is 2.54. The number of benzene rings is 2. The van der Waals surface area contributed by atoms with Crippen LogP contribution in [0, 0.1) is 6.92 Å². The fourth-order valence-electron chi connectivity index (χ4n) is 2.21. The van der Waals surface area contributed by atoms with Gasteiger partial charge in [0, 0.05) is 29.7 Å². The molecular weight excluding hydrogens is 328 g/mol. The Morgan fingerprint density at radius 3 is 2.62 bits per heavy atom. The maximum absolute atomic E-state index is 12.2. The first-order valence-electron chi connectivity index (χ1n) is 7.47. The Balaban J connectivity index is 2.03. The molecule has 0 aliphatic rings. The Labute approximate surface area is 145 Å². The van der Waals surface area contributed by atoms with E-state index in [1.807, 2.05) is 6.92 Å². The molecule has 0 bridgehead atoms. The molecule has 0 aliphatic heterocycles. The van der Waals surface area contributed by atoms with E-state index in [2.05, 4.69) is 10.6 Å². The molecule has 0 fully saturated rings. The highest BCUT2D eigenvalue weighted by Crippen LogP contribution is 2.19. The van der Waals surface area contributed by atoms with E-state index in [0.717, 1.165) is 5.56 Å². The van der Waals surface area contributed by atoms with Crippen LogP contribution in [0.2, 0.25) is 5.02 Å². The van der Waals surface area contributed by atoms with Crippen molar-refractivity contribution in [1.29, 1.82) is 0 Å². The average molecular weight is 347 g/mol. The number of rotatable bonds is 5. The summed E-state index contributed by atoms with van der Waals surface area (Å²) in [5.41, 5.74) is 2.49. The first-order chi connectivity index (χ1) is 11.4. The standard InChI is InChI=1S/C18H19ClN2O3/c1-11-6-7-14(9-16(11)21-12(2)22)18(24)20-10-17(23)13-4-3-5-15(19)8-13/h3-9,17,23H,10H2,1-2H3,(H,20,24)(H,21,22). The Hall–Kier alpha value is -2.37. The molecule has 0 spiro atoms. The molecule has 0 radical (unpaired) electrons. The van der Waals surface area contributed by atoms with Crippen molar-refractivity contribution in [3.8, 4) is 0 Å². The molecule has 1 atom stereocenters. The molecule has 5 nitrogen and oxygen atoms in total. The molecule has 2 rings (SSSR count). The SMILES string of the molecule is CC(=O)Nc1cc(C(=O)NCC(O)c2cccc(Cl)c2)ccc1C. The lowest BCUT2D eigenvalue weighted by atomic mass is 10.1. The molecule has 1 unspecified atom stereocenters. The van der Waals surface area contributed by atoms with E-state index in [-0.39, 0.29) is 18.4 Å². The quantitative estimate of drug-likeness (QED) is 0.778. The van der Waals surface area contributed by atoms with Crippen molar-refractivity contribution >= 4 is 29.1 Å². The van der Waals surface area contributed by atoms with Crippen molar-refractivity contribution in [1.82, 2.24) is 5.32 Å². The second kappa shape index (κ2) is 7.95. The van der Waals surface area contributed by atoms with Crippen LogP contribution in [0.15, 0.2) is 42.5 Å². The maximum Gasteiger partial charge on any atom is 0.251 e. The number of aliphatic hydroxyl groups excluding tert-OH is 1. The van der Waals surface area contributed by atoms with Crippen LogP contribution in [0.25, 0.3) is 0 Å². The van der Waals surface area contributed by atoms with Gasteiger partial charge in [-0.25, -0.2) is 0 Å². The van der Waals surface area contributed by atoms with E-state index in [1.54, 1.807) is 42.5 Å². The van der Waals surface area contributed by atoms with Gasteiger partial charge in [0.1, 0.15) is 0 Å². The van der Waals surface area contributed by atoms with E-state index in [9.17, 15) is 14.7 Å². The van der Waals surface area contributed by atoms with Crippen LogP contribution < -0.4 is 10.6 Å². The topological polar surface area (TPSA) is 78.4 Å². The largest absolute Gasteiger partial charge is 0.387 e. The molecule has 2 aromatic rings. The fourth-order valence-corrected chi connectivity index (χ4v) is 2.41. The Morgan fingerprint density at radius 1 is 1.21 bits per heavy atom. The van der Waals surface area contributed by atoms with Gasteiger partial charge < -0.3 is 15.7 Å². The van der Waals surface area contributed by atoms with Gasteiger partial charge in [0.25, 0.3) is 5.91 Å². The summed E-state index contributed by atoms with van der Waals surface area (Å²) >= 11 is 5.89. The molecular formula is C18H19ClN2O3. The zero-order valence-corrected chi connectivity index (χ0v) is 14.2. The smallest absolute Gasteiger partial charge is 0.251 e. The molecule has 6 heteroatoms. The highest BCUT2D eigenvalue weighted by Gasteiger charge is 2.12. The van der Waals surface area contributed by atoms with Crippen molar-refractivity contribution in [3.63, 3.8) is 0 Å². The van der Waals surface area contributed by atoms with Crippen LogP contribution in [0.4, 0.5) is 5.69 Å². The zero-order valence-electron chi connectivity index (χ0n) is 13.5. The van der Waals surface area contributed by atoms with Gasteiger partial charge in [-0.1, -0.05) is 29.8 Å². The fraction of sp³-hybridized carbons (Fsp3) is 0.222. The molecule has 126 valence electrons. The summed E-state index contributed by atoms with van der Waals surface area (Å²) < 4.78 is 0. The highest BCUT2D eigenvalue weighted by molar-refractivity contribution is 6.30.